The van der Waals surface area contributed by atoms with Crippen molar-refractivity contribution < 1.29 is 40.8 Å². The van der Waals surface area contributed by atoms with Crippen molar-refractivity contribution in [2.45, 2.75) is 20.0 Å². The molecule has 0 bridgehead atoms. The third-order valence-electron chi connectivity index (χ3n) is 0.651. The van der Waals surface area contributed by atoms with Crippen LogP contribution in [0.1, 0.15) is 13.8 Å². The predicted molar refractivity (Wildman–Crippen MR) is 44.9 cm³/mol. The van der Waals surface area contributed by atoms with Crippen LogP contribution in [-0.2, 0) is 9.53 Å². The molecule has 0 saturated carbocycles. The summed E-state index contributed by atoms with van der Waals surface area (Å²) < 4.78 is 65.6. The Morgan fingerprint density at radius 2 is 1.38 bits per heavy atom. The van der Waals surface area contributed by atoms with Crippen molar-refractivity contribution in [3.05, 3.63) is 0 Å². The van der Waals surface area contributed by atoms with E-state index in [4.69, 9.17) is 14.6 Å². The molecule has 0 aliphatic carbocycles. The van der Waals surface area contributed by atoms with Crippen LogP contribution in [0.15, 0.2) is 0 Å². The van der Waals surface area contributed by atoms with Crippen molar-refractivity contribution in [2.75, 3.05) is 13.2 Å². The number of hydrogen-bond acceptors (Lipinski definition) is 2. The van der Waals surface area contributed by atoms with Gasteiger partial charge in [0.15, 0.2) is 0 Å². The van der Waals surface area contributed by atoms with E-state index in [9.17, 15) is 26.1 Å². The van der Waals surface area contributed by atoms with Gasteiger partial charge in [-0.25, -0.2) is 4.79 Å². The van der Waals surface area contributed by atoms with Gasteiger partial charge in [-0.1, -0.05) is 0 Å². The molecule has 1 N–H and O–H groups in total. The molecule has 10 heteroatoms. The lowest BCUT2D eigenvalue weighted by Crippen LogP contribution is -2.21. The van der Waals surface area contributed by atoms with Gasteiger partial charge in [-0.2, -0.15) is 13.2 Å². The SMILES string of the molecule is CCOCC.FB(F)F.O=C(O)C(F)(F)F. The molecule has 0 atom stereocenters. The molecule has 0 fully saturated rings. The molecule has 0 aromatic rings. The molecule has 0 aliphatic heterocycles. The van der Waals surface area contributed by atoms with Crippen LogP contribution >= 0.6 is 0 Å². The van der Waals surface area contributed by atoms with E-state index in [0.29, 0.717) is 0 Å². The maximum absolute atomic E-state index is 10.6. The van der Waals surface area contributed by atoms with Crippen molar-refractivity contribution in [1.29, 1.82) is 0 Å². The molecule has 0 rings (SSSR count). The van der Waals surface area contributed by atoms with E-state index in [1.54, 1.807) is 0 Å². The first kappa shape index (κ1) is 20.5. The second-order valence-electron chi connectivity index (χ2n) is 1.83. The Morgan fingerprint density at radius 3 is 1.38 bits per heavy atom. The first-order chi connectivity index (χ1) is 7.09. The van der Waals surface area contributed by atoms with Gasteiger partial charge in [0, 0.05) is 13.2 Å². The fourth-order valence-corrected chi connectivity index (χ4v) is 0.204. The summed E-state index contributed by atoms with van der Waals surface area (Å²) in [6.45, 7) is 5.67. The Labute approximate surface area is 88.6 Å². The summed E-state index contributed by atoms with van der Waals surface area (Å²) in [7, 11) is -3.67. The van der Waals surface area contributed by atoms with E-state index >= 15 is 0 Å². The highest BCUT2D eigenvalue weighted by Gasteiger charge is 2.38. The number of ether oxygens (including phenoxy) is 1. The van der Waals surface area contributed by atoms with Crippen LogP contribution in [0.5, 0.6) is 0 Å². The number of aliphatic carboxylic acids is 1. The fraction of sp³-hybridized carbons (Fsp3) is 0.833. The standard InChI is InChI=1S/C4H10O.C2HF3O2.BF3/c1-3-5-4-2;3-2(4,5)1(6)7;2-1(3)4/h3-4H2,1-2H3;(H,6,7);. The maximum Gasteiger partial charge on any atom is 0.762 e. The van der Waals surface area contributed by atoms with E-state index in [-0.39, 0.29) is 0 Å². The normalized spacial score (nSPS) is 9.25. The summed E-state index contributed by atoms with van der Waals surface area (Å²) in [6, 6.07) is 0. The minimum absolute atomic E-state index is 0.844. The zero-order valence-electron chi connectivity index (χ0n) is 8.52. The number of rotatable bonds is 2. The van der Waals surface area contributed by atoms with E-state index in [1.165, 1.54) is 0 Å². The minimum Gasteiger partial charge on any atom is -0.475 e. The molecule has 0 spiro atoms. The summed E-state index contributed by atoms with van der Waals surface area (Å²) >= 11 is 0. The van der Waals surface area contributed by atoms with Crippen LogP contribution in [0, 0.1) is 0 Å². The first-order valence-electron chi connectivity index (χ1n) is 3.89. The molecular formula is C6H11BF6O3. The molecule has 0 aromatic heterocycles. The van der Waals surface area contributed by atoms with Crippen molar-refractivity contribution >= 4 is 13.5 Å². The topological polar surface area (TPSA) is 46.5 Å². The Bertz CT molecular complexity index is 158. The van der Waals surface area contributed by atoms with Crippen molar-refractivity contribution in [3.8, 4) is 0 Å². The lowest BCUT2D eigenvalue weighted by Gasteiger charge is -1.93. The molecular weight excluding hydrogens is 245 g/mol. The Morgan fingerprint density at radius 1 is 1.19 bits per heavy atom. The largest absolute Gasteiger partial charge is 0.762 e. The van der Waals surface area contributed by atoms with Crippen LogP contribution in [0.25, 0.3) is 0 Å². The smallest absolute Gasteiger partial charge is 0.475 e. The maximum atomic E-state index is 10.6. The van der Waals surface area contributed by atoms with Crippen molar-refractivity contribution in [1.82, 2.24) is 0 Å². The molecule has 0 heterocycles. The Hall–Kier alpha value is -0.925. The molecule has 0 aliphatic rings. The van der Waals surface area contributed by atoms with E-state index < -0.39 is 19.7 Å². The molecule has 0 amide bonds. The van der Waals surface area contributed by atoms with E-state index in [1.807, 2.05) is 13.8 Å². The quantitative estimate of drug-likeness (QED) is 0.610. The van der Waals surface area contributed by atoms with Crippen LogP contribution < -0.4 is 0 Å². The second-order valence-corrected chi connectivity index (χ2v) is 1.83. The molecule has 0 aromatic carbocycles. The third-order valence-corrected chi connectivity index (χ3v) is 0.651. The zero-order valence-corrected chi connectivity index (χ0v) is 8.52. The first-order valence-corrected chi connectivity index (χ1v) is 3.89. The average molecular weight is 256 g/mol. The number of carboxylic acids is 1. The van der Waals surface area contributed by atoms with Gasteiger partial charge < -0.3 is 9.84 Å². The zero-order chi connectivity index (χ0) is 13.8. The van der Waals surface area contributed by atoms with E-state index in [0.717, 1.165) is 13.2 Å². The van der Waals surface area contributed by atoms with Crippen LogP contribution in [0.4, 0.5) is 26.1 Å². The highest BCUT2D eigenvalue weighted by molar-refractivity contribution is 6.33. The molecule has 98 valence electrons. The van der Waals surface area contributed by atoms with Gasteiger partial charge in [-0.3, -0.25) is 12.9 Å². The summed E-state index contributed by atoms with van der Waals surface area (Å²) in [5.74, 6) is -2.76. The lowest BCUT2D eigenvalue weighted by atomic mass is 10.5. The van der Waals surface area contributed by atoms with Gasteiger partial charge >= 0.3 is 19.7 Å². The van der Waals surface area contributed by atoms with Gasteiger partial charge in [0.2, 0.25) is 0 Å². The predicted octanol–water partition coefficient (Wildman–Crippen LogP) is 2.56. The molecule has 0 saturated heterocycles. The molecule has 16 heavy (non-hydrogen) atoms. The fourth-order valence-electron chi connectivity index (χ4n) is 0.204. The number of hydrogen-bond donors (Lipinski definition) is 1. The van der Waals surface area contributed by atoms with Crippen LogP contribution in [0.3, 0.4) is 0 Å². The van der Waals surface area contributed by atoms with Gasteiger partial charge in [0.05, 0.1) is 0 Å². The van der Waals surface area contributed by atoms with Crippen LogP contribution in [-0.4, -0.2) is 38.0 Å². The van der Waals surface area contributed by atoms with Gasteiger partial charge in [-0.05, 0) is 13.8 Å². The Balaban J connectivity index is -0.000000166. The van der Waals surface area contributed by atoms with Crippen LogP contribution in [0.2, 0.25) is 0 Å². The van der Waals surface area contributed by atoms with E-state index in [2.05, 4.69) is 0 Å². The summed E-state index contributed by atoms with van der Waals surface area (Å²) in [5.41, 5.74) is 0. The molecule has 0 radical (unpaired) electrons. The highest BCUT2D eigenvalue weighted by Crippen LogP contribution is 2.13. The number of halogens is 6. The Kier molecular flexibility index (Phi) is 15.5. The highest BCUT2D eigenvalue weighted by atomic mass is 19.4. The second kappa shape index (κ2) is 12.1. The van der Waals surface area contributed by atoms with Gasteiger partial charge in [0.25, 0.3) is 0 Å². The average Bonchev–Trinajstić information content (AvgIpc) is 2.03. The number of carbonyl (C=O) groups is 1. The van der Waals surface area contributed by atoms with Gasteiger partial charge in [-0.15, -0.1) is 0 Å². The minimum atomic E-state index is -5.08. The monoisotopic (exact) mass is 256 g/mol. The van der Waals surface area contributed by atoms with Crippen molar-refractivity contribution in [3.63, 3.8) is 0 Å². The summed E-state index contributed by atoms with van der Waals surface area (Å²) in [4.78, 5) is 8.90. The lowest BCUT2D eigenvalue weighted by molar-refractivity contribution is -0.192. The van der Waals surface area contributed by atoms with Gasteiger partial charge in [0.1, 0.15) is 0 Å². The summed E-state index contributed by atoms with van der Waals surface area (Å²) in [6.07, 6.45) is -5.08. The molecule has 0 unspecified atom stereocenters. The number of carboxylic acid groups (broad SMARTS) is 1. The molecule has 3 nitrogen and oxygen atoms in total. The van der Waals surface area contributed by atoms with Crippen molar-refractivity contribution in [2.24, 2.45) is 0 Å². The summed E-state index contributed by atoms with van der Waals surface area (Å²) in [5, 5.41) is 7.12. The number of alkyl halides is 3. The third kappa shape index (κ3) is 38.1.